The minimum absolute atomic E-state index is 0. The molecule has 2 saturated heterocycles. The summed E-state index contributed by atoms with van der Waals surface area (Å²) in [4.78, 5) is 36.1. The van der Waals surface area contributed by atoms with E-state index in [0.29, 0.717) is 24.2 Å². The number of amides is 2. The Hall–Kier alpha value is -1.92. The monoisotopic (exact) mass is 363 g/mol. The highest BCUT2D eigenvalue weighted by Crippen LogP contribution is 2.28. The zero-order chi connectivity index (χ0) is 16.7. The van der Waals surface area contributed by atoms with Crippen molar-refractivity contribution in [2.75, 3.05) is 5.32 Å². The Morgan fingerprint density at radius 3 is 2.68 bits per heavy atom. The second kappa shape index (κ2) is 7.14. The third-order valence-electron chi connectivity index (χ3n) is 5.34. The predicted molar refractivity (Wildman–Crippen MR) is 96.1 cm³/mol. The van der Waals surface area contributed by atoms with E-state index < -0.39 is 11.8 Å². The molecule has 1 aliphatic carbocycles. The van der Waals surface area contributed by atoms with E-state index in [2.05, 4.69) is 16.0 Å². The summed E-state index contributed by atoms with van der Waals surface area (Å²) < 4.78 is 0. The van der Waals surface area contributed by atoms with E-state index in [-0.39, 0.29) is 24.2 Å². The van der Waals surface area contributed by atoms with E-state index >= 15 is 0 Å². The Labute approximate surface area is 152 Å². The van der Waals surface area contributed by atoms with Crippen molar-refractivity contribution in [3.05, 3.63) is 29.3 Å². The number of fused-ring (bicyclic) bond motifs is 3. The summed E-state index contributed by atoms with van der Waals surface area (Å²) in [6.07, 6.45) is 5.34. The zero-order valence-corrected chi connectivity index (χ0v) is 14.7. The molecular weight excluding hydrogens is 342 g/mol. The fourth-order valence-corrected chi connectivity index (χ4v) is 4.13. The number of hydrogen-bond acceptors (Lipinski definition) is 4. The Bertz CT molecular complexity index is 722. The smallest absolute Gasteiger partial charge is 0.313 e. The van der Waals surface area contributed by atoms with Crippen molar-refractivity contribution in [1.82, 2.24) is 10.6 Å². The quantitative estimate of drug-likeness (QED) is 0.696. The summed E-state index contributed by atoms with van der Waals surface area (Å²) >= 11 is 0. The Balaban J connectivity index is 0.00000182. The molecule has 3 aliphatic rings. The van der Waals surface area contributed by atoms with E-state index in [0.717, 1.165) is 43.2 Å². The predicted octanol–water partition coefficient (Wildman–Crippen LogP) is 1.57. The molecule has 2 aliphatic heterocycles. The molecule has 134 valence electrons. The Morgan fingerprint density at radius 2 is 1.96 bits per heavy atom. The summed E-state index contributed by atoms with van der Waals surface area (Å²) in [6, 6.07) is 6.04. The number of ketones is 1. The normalized spacial score (nSPS) is 26.6. The van der Waals surface area contributed by atoms with Crippen molar-refractivity contribution in [1.29, 1.82) is 0 Å². The van der Waals surface area contributed by atoms with Crippen molar-refractivity contribution < 1.29 is 14.4 Å². The van der Waals surface area contributed by atoms with Gasteiger partial charge >= 0.3 is 11.8 Å². The zero-order valence-electron chi connectivity index (χ0n) is 13.8. The van der Waals surface area contributed by atoms with Gasteiger partial charge in [-0.25, -0.2) is 0 Å². The molecule has 6 nitrogen and oxygen atoms in total. The van der Waals surface area contributed by atoms with Gasteiger partial charge in [-0.05, 0) is 55.9 Å². The number of nitrogens with one attached hydrogen (secondary N) is 3. The molecule has 2 heterocycles. The second-order valence-corrected chi connectivity index (χ2v) is 6.97. The van der Waals surface area contributed by atoms with E-state index in [4.69, 9.17) is 0 Å². The summed E-state index contributed by atoms with van der Waals surface area (Å²) in [7, 11) is 0. The van der Waals surface area contributed by atoms with Gasteiger partial charge in [0.15, 0.2) is 5.78 Å². The first-order chi connectivity index (χ1) is 11.6. The van der Waals surface area contributed by atoms with Crippen molar-refractivity contribution in [2.45, 2.75) is 56.7 Å². The summed E-state index contributed by atoms with van der Waals surface area (Å²) in [5, 5.41) is 8.91. The first kappa shape index (κ1) is 17.9. The number of carbonyl (C=O) groups excluding carboxylic acids is 3. The van der Waals surface area contributed by atoms with Gasteiger partial charge in [0, 0.05) is 35.8 Å². The van der Waals surface area contributed by atoms with Crippen molar-refractivity contribution in [2.24, 2.45) is 0 Å². The third-order valence-corrected chi connectivity index (χ3v) is 5.34. The lowest BCUT2D eigenvalue weighted by Gasteiger charge is -2.21. The minimum atomic E-state index is -0.653. The van der Waals surface area contributed by atoms with E-state index in [1.54, 1.807) is 18.2 Å². The van der Waals surface area contributed by atoms with Crippen LogP contribution in [0.25, 0.3) is 0 Å². The molecule has 25 heavy (non-hydrogen) atoms. The lowest BCUT2D eigenvalue weighted by molar-refractivity contribution is -0.136. The van der Waals surface area contributed by atoms with Gasteiger partial charge in [0.05, 0.1) is 0 Å². The molecule has 2 bridgehead atoms. The van der Waals surface area contributed by atoms with E-state index in [1.807, 2.05) is 0 Å². The van der Waals surface area contributed by atoms with Crippen LogP contribution in [0.3, 0.4) is 0 Å². The van der Waals surface area contributed by atoms with Crippen LogP contribution in [0.2, 0.25) is 0 Å². The number of benzene rings is 1. The molecule has 2 amide bonds. The average Bonchev–Trinajstić information content (AvgIpc) is 3.17. The number of aryl methyl sites for hydroxylation is 1. The van der Waals surface area contributed by atoms with Gasteiger partial charge in [0.25, 0.3) is 0 Å². The molecule has 0 radical (unpaired) electrons. The maximum atomic E-state index is 12.1. The van der Waals surface area contributed by atoms with Gasteiger partial charge < -0.3 is 16.0 Å². The molecule has 0 aromatic heterocycles. The maximum absolute atomic E-state index is 12.1. The molecule has 3 atom stereocenters. The summed E-state index contributed by atoms with van der Waals surface area (Å²) in [5.41, 5.74) is 2.24. The molecule has 7 heteroatoms. The van der Waals surface area contributed by atoms with Gasteiger partial charge in [-0.15, -0.1) is 12.4 Å². The lowest BCUT2D eigenvalue weighted by atomic mass is 9.90. The first-order valence-electron chi connectivity index (χ1n) is 8.64. The van der Waals surface area contributed by atoms with Crippen LogP contribution in [-0.2, 0) is 16.0 Å². The van der Waals surface area contributed by atoms with Crippen LogP contribution in [0.4, 0.5) is 5.69 Å². The molecule has 1 aromatic carbocycles. The van der Waals surface area contributed by atoms with Gasteiger partial charge in [-0.2, -0.15) is 0 Å². The van der Waals surface area contributed by atoms with Crippen LogP contribution >= 0.6 is 12.4 Å². The van der Waals surface area contributed by atoms with E-state index in [1.165, 1.54) is 0 Å². The third kappa shape index (κ3) is 3.55. The number of anilines is 1. The second-order valence-electron chi connectivity index (χ2n) is 6.97. The largest absolute Gasteiger partial charge is 0.343 e. The number of hydrogen-bond donors (Lipinski definition) is 3. The van der Waals surface area contributed by atoms with Gasteiger partial charge in [0.1, 0.15) is 0 Å². The van der Waals surface area contributed by atoms with Crippen LogP contribution in [0.5, 0.6) is 0 Å². The fourth-order valence-electron chi connectivity index (χ4n) is 4.13. The number of halogens is 1. The molecular formula is C18H22ClN3O3. The van der Waals surface area contributed by atoms with E-state index in [9.17, 15) is 14.4 Å². The minimum Gasteiger partial charge on any atom is -0.343 e. The average molecular weight is 364 g/mol. The molecule has 0 spiro atoms. The lowest BCUT2D eigenvalue weighted by Crippen LogP contribution is -2.47. The standard InChI is InChI=1S/C18H21N3O3.ClH/c22-16-3-1-2-10-8-11(4-6-13(10)16)20-17(23)18(24)21-15-9-12-5-7-14(15)19-12;/h4,6,8,12,14-15,19H,1-3,5,7,9H2,(H,20,23)(H,21,24);1H/t12-,14+,15+;/m0./s1. The van der Waals surface area contributed by atoms with Gasteiger partial charge in [0.2, 0.25) is 0 Å². The Morgan fingerprint density at radius 1 is 1.12 bits per heavy atom. The molecule has 3 N–H and O–H groups in total. The highest BCUT2D eigenvalue weighted by molar-refractivity contribution is 6.39. The molecule has 4 rings (SSSR count). The van der Waals surface area contributed by atoms with Crippen LogP contribution in [0, 0.1) is 0 Å². The number of rotatable bonds is 2. The van der Waals surface area contributed by atoms with Crippen molar-refractivity contribution in [3.8, 4) is 0 Å². The highest BCUT2D eigenvalue weighted by atomic mass is 35.5. The first-order valence-corrected chi connectivity index (χ1v) is 8.64. The van der Waals surface area contributed by atoms with Gasteiger partial charge in [-0.1, -0.05) is 0 Å². The summed E-state index contributed by atoms with van der Waals surface area (Å²) in [6.45, 7) is 0. The molecule has 0 saturated carbocycles. The van der Waals surface area contributed by atoms with Crippen LogP contribution in [0.1, 0.15) is 48.0 Å². The van der Waals surface area contributed by atoms with Crippen LogP contribution < -0.4 is 16.0 Å². The topological polar surface area (TPSA) is 87.3 Å². The molecule has 2 fully saturated rings. The van der Waals surface area contributed by atoms with Crippen molar-refractivity contribution >= 4 is 35.7 Å². The fraction of sp³-hybridized carbons (Fsp3) is 0.500. The number of carbonyl (C=O) groups is 3. The number of Topliss-reactive ketones (excluding diaryl/α,β-unsaturated/α-hetero) is 1. The molecule has 1 aromatic rings. The van der Waals surface area contributed by atoms with Gasteiger partial charge in [-0.3, -0.25) is 14.4 Å². The van der Waals surface area contributed by atoms with Crippen LogP contribution in [-0.4, -0.2) is 35.7 Å². The van der Waals surface area contributed by atoms with Crippen molar-refractivity contribution in [3.63, 3.8) is 0 Å². The summed E-state index contributed by atoms with van der Waals surface area (Å²) in [5.74, 6) is -1.10. The van der Waals surface area contributed by atoms with Crippen LogP contribution in [0.15, 0.2) is 18.2 Å². The maximum Gasteiger partial charge on any atom is 0.313 e. The Kier molecular flexibility index (Phi) is 5.11. The SMILES string of the molecule is Cl.O=C(Nc1ccc2c(c1)CCCC2=O)C(=O)N[C@@H]1C[C@@H]2CC[C@H]1N2. The highest BCUT2D eigenvalue weighted by Gasteiger charge is 2.40. The molecule has 0 unspecified atom stereocenters.